The van der Waals surface area contributed by atoms with Gasteiger partial charge in [0.1, 0.15) is 4.99 Å². The summed E-state index contributed by atoms with van der Waals surface area (Å²) in [7, 11) is 0. The molecule has 3 N–H and O–H groups in total. The minimum atomic E-state index is -0.399. The summed E-state index contributed by atoms with van der Waals surface area (Å²) in [5, 5.41) is 3.04. The molecule has 1 aromatic carbocycles. The number of thiocarbonyl (C=S) groups is 1. The standard InChI is InChI=1S/C12H16BrFN2OS/c1-3-17-6-7(2)16-9-5-4-8(12(15)18)10(13)11(9)14/h4-5,7,16H,3,6H2,1-2H3,(H2,15,18). The van der Waals surface area contributed by atoms with Crippen LogP contribution in [0.3, 0.4) is 0 Å². The number of halogens is 2. The third-order valence-corrected chi connectivity index (χ3v) is 3.32. The van der Waals surface area contributed by atoms with Gasteiger partial charge >= 0.3 is 0 Å². The molecule has 0 bridgehead atoms. The monoisotopic (exact) mass is 334 g/mol. The Morgan fingerprint density at radius 2 is 2.28 bits per heavy atom. The lowest BCUT2D eigenvalue weighted by Crippen LogP contribution is -2.22. The molecule has 0 spiro atoms. The van der Waals surface area contributed by atoms with Crippen molar-refractivity contribution >= 4 is 38.8 Å². The van der Waals surface area contributed by atoms with Crippen LogP contribution in [-0.4, -0.2) is 24.2 Å². The maximum Gasteiger partial charge on any atom is 0.161 e. The maximum atomic E-state index is 14.0. The summed E-state index contributed by atoms with van der Waals surface area (Å²) in [5.74, 6) is -0.399. The van der Waals surface area contributed by atoms with Gasteiger partial charge < -0.3 is 15.8 Å². The molecular formula is C12H16BrFN2OS. The van der Waals surface area contributed by atoms with Gasteiger partial charge in [-0.15, -0.1) is 0 Å². The van der Waals surface area contributed by atoms with Crippen LogP contribution in [0.2, 0.25) is 0 Å². The molecule has 0 amide bonds. The molecule has 0 radical (unpaired) electrons. The van der Waals surface area contributed by atoms with Gasteiger partial charge in [0.2, 0.25) is 0 Å². The number of nitrogens with one attached hydrogen (secondary N) is 1. The molecule has 0 fully saturated rings. The van der Waals surface area contributed by atoms with E-state index in [2.05, 4.69) is 21.2 Å². The summed E-state index contributed by atoms with van der Waals surface area (Å²) in [5.41, 5.74) is 6.38. The van der Waals surface area contributed by atoms with Crippen LogP contribution < -0.4 is 11.1 Å². The Morgan fingerprint density at radius 1 is 1.61 bits per heavy atom. The topological polar surface area (TPSA) is 47.3 Å². The van der Waals surface area contributed by atoms with E-state index in [9.17, 15) is 4.39 Å². The molecule has 1 aromatic rings. The zero-order valence-electron chi connectivity index (χ0n) is 10.3. The van der Waals surface area contributed by atoms with Gasteiger partial charge in [-0.25, -0.2) is 4.39 Å². The van der Waals surface area contributed by atoms with Crippen LogP contribution >= 0.6 is 28.1 Å². The number of ether oxygens (including phenoxy) is 1. The predicted molar refractivity (Wildman–Crippen MR) is 79.6 cm³/mol. The molecule has 0 saturated heterocycles. The summed E-state index contributed by atoms with van der Waals surface area (Å²) in [4.78, 5) is 0.162. The first-order valence-electron chi connectivity index (χ1n) is 5.59. The number of anilines is 1. The molecule has 18 heavy (non-hydrogen) atoms. The molecule has 0 aromatic heterocycles. The Kier molecular flexibility index (Phi) is 5.98. The lowest BCUT2D eigenvalue weighted by Gasteiger charge is -2.17. The fourth-order valence-corrected chi connectivity index (χ4v) is 2.31. The summed E-state index contributed by atoms with van der Waals surface area (Å²) in [6.07, 6.45) is 0. The molecule has 3 nitrogen and oxygen atoms in total. The maximum absolute atomic E-state index is 14.0. The first kappa shape index (κ1) is 15.3. The van der Waals surface area contributed by atoms with E-state index in [-0.39, 0.29) is 15.5 Å². The van der Waals surface area contributed by atoms with Crippen molar-refractivity contribution in [2.75, 3.05) is 18.5 Å². The second kappa shape index (κ2) is 7.01. The van der Waals surface area contributed by atoms with Crippen LogP contribution in [0.1, 0.15) is 19.4 Å². The quantitative estimate of drug-likeness (QED) is 0.785. The van der Waals surface area contributed by atoms with Crippen molar-refractivity contribution in [1.82, 2.24) is 0 Å². The summed E-state index contributed by atoms with van der Waals surface area (Å²) in [6, 6.07) is 3.32. The molecular weight excluding hydrogens is 319 g/mol. The molecule has 0 aliphatic heterocycles. The minimum Gasteiger partial charge on any atom is -0.389 e. The van der Waals surface area contributed by atoms with Crippen molar-refractivity contribution in [1.29, 1.82) is 0 Å². The van der Waals surface area contributed by atoms with E-state index in [0.29, 0.717) is 24.5 Å². The summed E-state index contributed by atoms with van der Waals surface area (Å²) < 4.78 is 19.6. The van der Waals surface area contributed by atoms with Crippen LogP contribution in [0.4, 0.5) is 10.1 Å². The van der Waals surface area contributed by atoms with Crippen LogP contribution in [0.5, 0.6) is 0 Å². The molecule has 0 saturated carbocycles. The molecule has 0 aliphatic carbocycles. The average Bonchev–Trinajstić information content (AvgIpc) is 2.32. The zero-order valence-corrected chi connectivity index (χ0v) is 12.7. The van der Waals surface area contributed by atoms with E-state index in [1.807, 2.05) is 13.8 Å². The Hall–Kier alpha value is -0.720. The van der Waals surface area contributed by atoms with Gasteiger partial charge in [0.15, 0.2) is 5.82 Å². The smallest absolute Gasteiger partial charge is 0.161 e. The van der Waals surface area contributed by atoms with E-state index >= 15 is 0 Å². The normalized spacial score (nSPS) is 12.2. The largest absolute Gasteiger partial charge is 0.389 e. The van der Waals surface area contributed by atoms with Gasteiger partial charge in [-0.2, -0.15) is 0 Å². The van der Waals surface area contributed by atoms with Crippen molar-refractivity contribution < 1.29 is 9.13 Å². The Morgan fingerprint density at radius 3 is 2.83 bits per heavy atom. The van der Waals surface area contributed by atoms with Crippen LogP contribution in [0.15, 0.2) is 16.6 Å². The van der Waals surface area contributed by atoms with Crippen molar-refractivity contribution in [3.63, 3.8) is 0 Å². The number of rotatable bonds is 6. The molecule has 1 rings (SSSR count). The van der Waals surface area contributed by atoms with Crippen LogP contribution in [0.25, 0.3) is 0 Å². The van der Waals surface area contributed by atoms with E-state index in [4.69, 9.17) is 22.7 Å². The van der Waals surface area contributed by atoms with Gasteiger partial charge in [0.05, 0.1) is 16.8 Å². The lowest BCUT2D eigenvalue weighted by atomic mass is 10.2. The first-order valence-corrected chi connectivity index (χ1v) is 6.79. The highest BCUT2D eigenvalue weighted by Gasteiger charge is 2.14. The average molecular weight is 335 g/mol. The highest BCUT2D eigenvalue weighted by atomic mass is 79.9. The number of hydrogen-bond acceptors (Lipinski definition) is 3. The van der Waals surface area contributed by atoms with Gasteiger partial charge in [-0.3, -0.25) is 0 Å². The van der Waals surface area contributed by atoms with Gasteiger partial charge in [0, 0.05) is 18.2 Å². The van der Waals surface area contributed by atoms with Gasteiger partial charge in [-0.05, 0) is 41.9 Å². The second-order valence-corrected chi connectivity index (χ2v) is 5.09. The Labute approximate surface area is 120 Å². The van der Waals surface area contributed by atoms with Gasteiger partial charge in [0.25, 0.3) is 0 Å². The van der Waals surface area contributed by atoms with Crippen LogP contribution in [0, 0.1) is 5.82 Å². The molecule has 1 unspecified atom stereocenters. The number of hydrogen-bond donors (Lipinski definition) is 2. The highest BCUT2D eigenvalue weighted by molar-refractivity contribution is 9.10. The first-order chi connectivity index (χ1) is 8.47. The highest BCUT2D eigenvalue weighted by Crippen LogP contribution is 2.27. The number of nitrogens with two attached hydrogens (primary N) is 1. The lowest BCUT2D eigenvalue weighted by molar-refractivity contribution is 0.141. The van der Waals surface area contributed by atoms with Crippen molar-refractivity contribution in [2.24, 2.45) is 5.73 Å². The van der Waals surface area contributed by atoms with E-state index < -0.39 is 5.82 Å². The molecule has 6 heteroatoms. The van der Waals surface area contributed by atoms with Crippen molar-refractivity contribution in [3.8, 4) is 0 Å². The fraction of sp³-hybridized carbons (Fsp3) is 0.417. The number of benzene rings is 1. The second-order valence-electron chi connectivity index (χ2n) is 3.86. The summed E-state index contributed by atoms with van der Waals surface area (Å²) >= 11 is 8.00. The predicted octanol–water partition coefficient (Wildman–Crippen LogP) is 3.06. The molecule has 1 atom stereocenters. The van der Waals surface area contributed by atoms with Crippen molar-refractivity contribution in [2.45, 2.75) is 19.9 Å². The van der Waals surface area contributed by atoms with E-state index in [1.54, 1.807) is 12.1 Å². The van der Waals surface area contributed by atoms with Crippen molar-refractivity contribution in [3.05, 3.63) is 28.0 Å². The third kappa shape index (κ3) is 3.90. The minimum absolute atomic E-state index is 0.0158. The molecule has 0 aliphatic rings. The van der Waals surface area contributed by atoms with E-state index in [0.717, 1.165) is 0 Å². The fourth-order valence-electron chi connectivity index (χ4n) is 1.45. The third-order valence-electron chi connectivity index (χ3n) is 2.32. The van der Waals surface area contributed by atoms with Gasteiger partial charge in [-0.1, -0.05) is 12.2 Å². The van der Waals surface area contributed by atoms with Crippen LogP contribution in [-0.2, 0) is 4.74 Å². The van der Waals surface area contributed by atoms with E-state index in [1.165, 1.54) is 0 Å². The molecule has 0 heterocycles. The summed E-state index contributed by atoms with van der Waals surface area (Å²) in [6.45, 7) is 4.99. The Bertz CT molecular complexity index is 442. The Balaban J connectivity index is 2.85. The SMILES string of the molecule is CCOCC(C)Nc1ccc(C(N)=S)c(Br)c1F. The zero-order chi connectivity index (χ0) is 13.7. The molecule has 100 valence electrons.